The van der Waals surface area contributed by atoms with Crippen LogP contribution in [0, 0.1) is 5.92 Å². The Bertz CT molecular complexity index is 283. The van der Waals surface area contributed by atoms with Gasteiger partial charge in [-0.15, -0.1) is 0 Å². The van der Waals surface area contributed by atoms with Crippen LogP contribution >= 0.6 is 0 Å². The van der Waals surface area contributed by atoms with Crippen LogP contribution in [0.3, 0.4) is 0 Å². The molecule has 0 spiro atoms. The van der Waals surface area contributed by atoms with Crippen LogP contribution in [0.2, 0.25) is 0 Å². The SMILES string of the molecule is CCOC(=O)N1CCC2C=CC=CC21. The summed E-state index contributed by atoms with van der Waals surface area (Å²) in [7, 11) is 0. The van der Waals surface area contributed by atoms with Crippen LogP contribution in [0.15, 0.2) is 24.3 Å². The van der Waals surface area contributed by atoms with E-state index in [4.69, 9.17) is 4.74 Å². The fourth-order valence-corrected chi connectivity index (χ4v) is 2.10. The molecule has 1 saturated heterocycles. The van der Waals surface area contributed by atoms with Gasteiger partial charge in [0.25, 0.3) is 0 Å². The van der Waals surface area contributed by atoms with Crippen molar-refractivity contribution in [3.05, 3.63) is 24.3 Å². The number of ether oxygens (including phenoxy) is 1. The van der Waals surface area contributed by atoms with Gasteiger partial charge in [-0.2, -0.15) is 0 Å². The number of carbonyl (C=O) groups is 1. The smallest absolute Gasteiger partial charge is 0.410 e. The zero-order chi connectivity index (χ0) is 9.97. The second-order valence-corrected chi connectivity index (χ2v) is 3.61. The van der Waals surface area contributed by atoms with Crippen LogP contribution in [-0.4, -0.2) is 30.2 Å². The van der Waals surface area contributed by atoms with E-state index in [1.54, 1.807) is 0 Å². The number of carbonyl (C=O) groups excluding carboxylic acids is 1. The third-order valence-corrected chi connectivity index (χ3v) is 2.78. The number of nitrogens with zero attached hydrogens (tertiary/aromatic N) is 1. The molecule has 1 aliphatic carbocycles. The van der Waals surface area contributed by atoms with Crippen molar-refractivity contribution in [1.82, 2.24) is 4.90 Å². The first-order valence-electron chi connectivity index (χ1n) is 5.11. The monoisotopic (exact) mass is 193 g/mol. The van der Waals surface area contributed by atoms with Gasteiger partial charge in [-0.05, 0) is 13.3 Å². The molecule has 1 fully saturated rings. The Kier molecular flexibility index (Phi) is 2.57. The molecule has 14 heavy (non-hydrogen) atoms. The summed E-state index contributed by atoms with van der Waals surface area (Å²) < 4.78 is 5.00. The molecular weight excluding hydrogens is 178 g/mol. The van der Waals surface area contributed by atoms with Gasteiger partial charge in [0.2, 0.25) is 0 Å². The van der Waals surface area contributed by atoms with E-state index >= 15 is 0 Å². The second-order valence-electron chi connectivity index (χ2n) is 3.61. The van der Waals surface area contributed by atoms with Crippen LogP contribution < -0.4 is 0 Å². The Morgan fingerprint density at radius 3 is 3.07 bits per heavy atom. The minimum Gasteiger partial charge on any atom is -0.450 e. The molecule has 2 aliphatic rings. The van der Waals surface area contributed by atoms with E-state index in [2.05, 4.69) is 18.2 Å². The summed E-state index contributed by atoms with van der Waals surface area (Å²) >= 11 is 0. The van der Waals surface area contributed by atoms with Crippen LogP contribution in [0.25, 0.3) is 0 Å². The summed E-state index contributed by atoms with van der Waals surface area (Å²) in [6.07, 6.45) is 9.16. The van der Waals surface area contributed by atoms with Crippen LogP contribution in [-0.2, 0) is 4.74 Å². The molecule has 0 aromatic heterocycles. The number of fused-ring (bicyclic) bond motifs is 1. The summed E-state index contributed by atoms with van der Waals surface area (Å²) in [5, 5.41) is 0. The molecule has 2 atom stereocenters. The molecule has 1 aliphatic heterocycles. The number of amides is 1. The largest absolute Gasteiger partial charge is 0.450 e. The van der Waals surface area contributed by atoms with Crippen molar-refractivity contribution in [1.29, 1.82) is 0 Å². The molecule has 3 nitrogen and oxygen atoms in total. The van der Waals surface area contributed by atoms with Crippen LogP contribution in [0.1, 0.15) is 13.3 Å². The van der Waals surface area contributed by atoms with E-state index in [1.807, 2.05) is 17.9 Å². The van der Waals surface area contributed by atoms with Gasteiger partial charge in [-0.25, -0.2) is 4.79 Å². The van der Waals surface area contributed by atoms with E-state index in [9.17, 15) is 4.79 Å². The minimum atomic E-state index is -0.181. The maximum Gasteiger partial charge on any atom is 0.410 e. The molecule has 0 aromatic rings. The lowest BCUT2D eigenvalue weighted by Gasteiger charge is -2.24. The van der Waals surface area contributed by atoms with Gasteiger partial charge in [0, 0.05) is 12.5 Å². The topological polar surface area (TPSA) is 29.5 Å². The van der Waals surface area contributed by atoms with E-state index in [0.29, 0.717) is 12.5 Å². The molecule has 1 heterocycles. The third kappa shape index (κ3) is 1.54. The molecule has 2 rings (SSSR count). The Hall–Kier alpha value is -1.25. The van der Waals surface area contributed by atoms with Crippen molar-refractivity contribution in [2.24, 2.45) is 5.92 Å². The summed E-state index contributed by atoms with van der Waals surface area (Å²) in [4.78, 5) is 13.4. The van der Waals surface area contributed by atoms with Gasteiger partial charge in [0.05, 0.1) is 12.6 Å². The van der Waals surface area contributed by atoms with Crippen molar-refractivity contribution < 1.29 is 9.53 Å². The highest BCUT2D eigenvalue weighted by Crippen LogP contribution is 2.29. The molecule has 2 unspecified atom stereocenters. The van der Waals surface area contributed by atoms with Gasteiger partial charge in [-0.1, -0.05) is 24.3 Å². The van der Waals surface area contributed by atoms with Crippen molar-refractivity contribution in [3.8, 4) is 0 Å². The van der Waals surface area contributed by atoms with Crippen molar-refractivity contribution >= 4 is 6.09 Å². The Morgan fingerprint density at radius 2 is 2.29 bits per heavy atom. The van der Waals surface area contributed by atoms with Crippen LogP contribution in [0.4, 0.5) is 4.79 Å². The summed E-state index contributed by atoms with van der Waals surface area (Å²) in [6, 6.07) is 0.221. The number of hydrogen-bond acceptors (Lipinski definition) is 2. The Balaban J connectivity index is 2.05. The van der Waals surface area contributed by atoms with Crippen molar-refractivity contribution in [2.45, 2.75) is 19.4 Å². The number of hydrogen-bond donors (Lipinski definition) is 0. The van der Waals surface area contributed by atoms with Gasteiger partial charge in [0.15, 0.2) is 0 Å². The fourth-order valence-electron chi connectivity index (χ4n) is 2.10. The maximum atomic E-state index is 11.5. The van der Waals surface area contributed by atoms with Gasteiger partial charge < -0.3 is 9.64 Å². The molecule has 0 radical (unpaired) electrons. The van der Waals surface area contributed by atoms with E-state index < -0.39 is 0 Å². The zero-order valence-corrected chi connectivity index (χ0v) is 8.35. The molecule has 1 amide bonds. The highest BCUT2D eigenvalue weighted by Gasteiger charge is 2.35. The lowest BCUT2D eigenvalue weighted by atomic mass is 9.96. The second kappa shape index (κ2) is 3.86. The summed E-state index contributed by atoms with van der Waals surface area (Å²) in [6.45, 7) is 3.09. The zero-order valence-electron chi connectivity index (χ0n) is 8.35. The van der Waals surface area contributed by atoms with Gasteiger partial charge in [-0.3, -0.25) is 0 Å². The average molecular weight is 193 g/mol. The molecule has 0 saturated carbocycles. The van der Waals surface area contributed by atoms with E-state index in [1.165, 1.54) is 0 Å². The highest BCUT2D eigenvalue weighted by atomic mass is 16.6. The lowest BCUT2D eigenvalue weighted by molar-refractivity contribution is 0.107. The molecule has 76 valence electrons. The van der Waals surface area contributed by atoms with Gasteiger partial charge >= 0.3 is 6.09 Å². The van der Waals surface area contributed by atoms with Crippen LogP contribution in [0.5, 0.6) is 0 Å². The standard InChI is InChI=1S/C11H15NO2/c1-2-14-11(13)12-8-7-9-5-3-4-6-10(9)12/h3-6,9-10H,2,7-8H2,1H3. The summed E-state index contributed by atoms with van der Waals surface area (Å²) in [5.41, 5.74) is 0. The number of rotatable bonds is 1. The van der Waals surface area contributed by atoms with Crippen molar-refractivity contribution in [2.75, 3.05) is 13.2 Å². The lowest BCUT2D eigenvalue weighted by Crippen LogP contribution is -2.37. The van der Waals surface area contributed by atoms with E-state index in [-0.39, 0.29) is 12.1 Å². The maximum absolute atomic E-state index is 11.5. The molecular formula is C11H15NO2. The number of likely N-dealkylation sites (tertiary alicyclic amines) is 1. The third-order valence-electron chi connectivity index (χ3n) is 2.78. The van der Waals surface area contributed by atoms with E-state index in [0.717, 1.165) is 13.0 Å². The fraction of sp³-hybridized carbons (Fsp3) is 0.545. The minimum absolute atomic E-state index is 0.181. The quantitative estimate of drug-likeness (QED) is 0.637. The predicted octanol–water partition coefficient (Wildman–Crippen LogP) is 1.96. The predicted molar refractivity (Wildman–Crippen MR) is 53.9 cm³/mol. The molecule has 0 bridgehead atoms. The number of allylic oxidation sites excluding steroid dienone is 2. The van der Waals surface area contributed by atoms with Crippen molar-refractivity contribution in [3.63, 3.8) is 0 Å². The molecule has 3 heteroatoms. The molecule has 0 aromatic carbocycles. The molecule has 0 N–H and O–H groups in total. The average Bonchev–Trinajstić information content (AvgIpc) is 2.61. The summed E-state index contributed by atoms with van der Waals surface area (Å²) in [5.74, 6) is 0.490. The first kappa shape index (κ1) is 9.31. The highest BCUT2D eigenvalue weighted by molar-refractivity contribution is 5.69. The first-order chi connectivity index (χ1) is 6.83. The Labute approximate surface area is 84.0 Å². The van der Waals surface area contributed by atoms with Gasteiger partial charge in [0.1, 0.15) is 0 Å². The first-order valence-corrected chi connectivity index (χ1v) is 5.11. The normalized spacial score (nSPS) is 29.1. The Morgan fingerprint density at radius 1 is 1.50 bits per heavy atom.